The van der Waals surface area contributed by atoms with E-state index in [0.29, 0.717) is 18.5 Å². The number of amides is 2. The van der Waals surface area contributed by atoms with Gasteiger partial charge in [0.25, 0.3) is 5.91 Å². The van der Waals surface area contributed by atoms with Crippen LogP contribution in [0.5, 0.6) is 0 Å². The smallest absolute Gasteiger partial charge is 0.260 e. The largest absolute Gasteiger partial charge is 0.321 e. The standard InChI is InChI=1S/C22H35N2O2/c1-4-24(5-2,6-3)18-19-13-15-20(16-14-19)22(26)23-17-11-9-7-8-10-12-21(23)25/h13-16H,4-12,17-18H2,1-3H3/q+1. The molecule has 0 bridgehead atoms. The second-order valence-electron chi connectivity index (χ2n) is 7.51. The van der Waals surface area contributed by atoms with Crippen LogP contribution in [-0.4, -0.2) is 47.4 Å². The molecule has 144 valence electrons. The van der Waals surface area contributed by atoms with E-state index in [-0.39, 0.29) is 11.8 Å². The van der Waals surface area contributed by atoms with Gasteiger partial charge in [-0.3, -0.25) is 14.5 Å². The van der Waals surface area contributed by atoms with Crippen molar-refractivity contribution in [3.63, 3.8) is 0 Å². The summed E-state index contributed by atoms with van der Waals surface area (Å²) in [5.41, 5.74) is 1.88. The van der Waals surface area contributed by atoms with Gasteiger partial charge in [0, 0.05) is 24.1 Å². The zero-order chi connectivity index (χ0) is 19.0. The lowest BCUT2D eigenvalue weighted by Gasteiger charge is -2.36. The summed E-state index contributed by atoms with van der Waals surface area (Å²) in [6, 6.07) is 7.91. The van der Waals surface area contributed by atoms with Crippen LogP contribution in [0.2, 0.25) is 0 Å². The number of imide groups is 1. The second-order valence-corrected chi connectivity index (χ2v) is 7.51. The van der Waals surface area contributed by atoms with Gasteiger partial charge in [0.1, 0.15) is 6.54 Å². The van der Waals surface area contributed by atoms with Crippen LogP contribution in [0, 0.1) is 0 Å². The molecule has 4 nitrogen and oxygen atoms in total. The topological polar surface area (TPSA) is 37.4 Å². The van der Waals surface area contributed by atoms with Crippen molar-refractivity contribution < 1.29 is 14.1 Å². The van der Waals surface area contributed by atoms with Gasteiger partial charge in [-0.15, -0.1) is 0 Å². The lowest BCUT2D eigenvalue weighted by molar-refractivity contribution is -0.936. The summed E-state index contributed by atoms with van der Waals surface area (Å²) in [5.74, 6) is -0.148. The van der Waals surface area contributed by atoms with Crippen LogP contribution in [0.4, 0.5) is 0 Å². The molecule has 2 amide bonds. The normalized spacial score (nSPS) is 16.7. The SMILES string of the molecule is CC[N+](CC)(CC)Cc1ccc(C(=O)N2CCCCCCCC2=O)cc1. The molecule has 1 fully saturated rings. The third-order valence-corrected chi connectivity index (χ3v) is 6.05. The second kappa shape index (κ2) is 9.86. The fourth-order valence-electron chi connectivity index (χ4n) is 3.85. The fourth-order valence-corrected chi connectivity index (χ4v) is 3.85. The van der Waals surface area contributed by atoms with E-state index in [1.165, 1.54) is 10.5 Å². The third kappa shape index (κ3) is 5.16. The predicted octanol–water partition coefficient (Wildman–Crippen LogP) is 4.39. The van der Waals surface area contributed by atoms with Crippen molar-refractivity contribution in [2.24, 2.45) is 0 Å². The van der Waals surface area contributed by atoms with E-state index in [0.717, 1.165) is 62.8 Å². The van der Waals surface area contributed by atoms with Crippen LogP contribution in [0.15, 0.2) is 24.3 Å². The molecule has 0 atom stereocenters. The van der Waals surface area contributed by atoms with Crippen molar-refractivity contribution in [1.82, 2.24) is 4.90 Å². The first kappa shape index (κ1) is 20.6. The average molecular weight is 360 g/mol. The Hall–Kier alpha value is -1.68. The van der Waals surface area contributed by atoms with Crippen LogP contribution in [0.25, 0.3) is 0 Å². The molecule has 1 aliphatic heterocycles. The van der Waals surface area contributed by atoms with Gasteiger partial charge in [-0.25, -0.2) is 0 Å². The maximum atomic E-state index is 12.9. The lowest BCUT2D eigenvalue weighted by atomic mass is 10.1. The molecule has 0 aliphatic carbocycles. The number of rotatable bonds is 6. The number of hydrogen-bond acceptors (Lipinski definition) is 2. The highest BCUT2D eigenvalue weighted by molar-refractivity contribution is 6.04. The Morgan fingerprint density at radius 1 is 0.923 bits per heavy atom. The van der Waals surface area contributed by atoms with Crippen LogP contribution in [-0.2, 0) is 11.3 Å². The number of hydrogen-bond donors (Lipinski definition) is 0. The summed E-state index contributed by atoms with van der Waals surface area (Å²) in [5, 5.41) is 0. The van der Waals surface area contributed by atoms with Crippen LogP contribution >= 0.6 is 0 Å². The third-order valence-electron chi connectivity index (χ3n) is 6.05. The van der Waals surface area contributed by atoms with Crippen molar-refractivity contribution in [3.05, 3.63) is 35.4 Å². The Bertz CT molecular complexity index is 582. The summed E-state index contributed by atoms with van der Waals surface area (Å²) < 4.78 is 1.05. The van der Waals surface area contributed by atoms with E-state index in [1.807, 2.05) is 12.1 Å². The van der Waals surface area contributed by atoms with Gasteiger partial charge < -0.3 is 4.48 Å². The maximum Gasteiger partial charge on any atom is 0.260 e. The van der Waals surface area contributed by atoms with Gasteiger partial charge in [0.15, 0.2) is 0 Å². The molecular weight excluding hydrogens is 324 g/mol. The average Bonchev–Trinajstić information content (AvgIpc) is 2.78. The number of nitrogens with zero attached hydrogens (tertiary/aromatic N) is 2. The highest BCUT2D eigenvalue weighted by Crippen LogP contribution is 2.18. The molecule has 1 aliphatic rings. The van der Waals surface area contributed by atoms with Gasteiger partial charge in [-0.1, -0.05) is 31.4 Å². The van der Waals surface area contributed by atoms with Crippen LogP contribution < -0.4 is 0 Å². The number of carbonyl (C=O) groups is 2. The number of quaternary nitrogens is 1. The van der Waals surface area contributed by atoms with Crippen LogP contribution in [0.3, 0.4) is 0 Å². The Kier molecular flexibility index (Phi) is 7.83. The summed E-state index contributed by atoms with van der Waals surface area (Å²) in [6.45, 7) is 11.6. The van der Waals surface area contributed by atoms with Crippen molar-refractivity contribution in [3.8, 4) is 0 Å². The quantitative estimate of drug-likeness (QED) is 0.558. The minimum Gasteiger partial charge on any atom is -0.321 e. The Morgan fingerprint density at radius 3 is 2.12 bits per heavy atom. The zero-order valence-electron chi connectivity index (χ0n) is 16.8. The Morgan fingerprint density at radius 2 is 1.50 bits per heavy atom. The molecule has 1 aromatic carbocycles. The summed E-state index contributed by atoms with van der Waals surface area (Å²) in [6.07, 6.45) is 5.66. The minimum absolute atomic E-state index is 0.0143. The van der Waals surface area contributed by atoms with E-state index < -0.39 is 0 Å². The van der Waals surface area contributed by atoms with Crippen molar-refractivity contribution in [1.29, 1.82) is 0 Å². The van der Waals surface area contributed by atoms with Crippen molar-refractivity contribution in [2.75, 3.05) is 26.2 Å². The molecule has 26 heavy (non-hydrogen) atoms. The van der Waals surface area contributed by atoms with Gasteiger partial charge >= 0.3 is 0 Å². The first-order chi connectivity index (χ1) is 12.5. The van der Waals surface area contributed by atoms with E-state index in [2.05, 4.69) is 32.9 Å². The Labute approximate surface area is 158 Å². The molecule has 0 spiro atoms. The van der Waals surface area contributed by atoms with Gasteiger partial charge in [-0.05, 0) is 45.7 Å². The number of benzene rings is 1. The van der Waals surface area contributed by atoms with Crippen molar-refractivity contribution >= 4 is 11.8 Å². The molecule has 1 aromatic rings. The summed E-state index contributed by atoms with van der Waals surface area (Å²) >= 11 is 0. The lowest BCUT2D eigenvalue weighted by Crippen LogP contribution is -2.46. The molecule has 0 aromatic heterocycles. The molecule has 1 saturated heterocycles. The minimum atomic E-state index is -0.134. The highest BCUT2D eigenvalue weighted by Gasteiger charge is 2.24. The van der Waals surface area contributed by atoms with Crippen molar-refractivity contribution in [2.45, 2.75) is 65.8 Å². The molecule has 0 unspecified atom stereocenters. The molecule has 0 saturated carbocycles. The molecular formula is C22H35N2O2+. The maximum absolute atomic E-state index is 12.9. The van der Waals surface area contributed by atoms with E-state index >= 15 is 0 Å². The van der Waals surface area contributed by atoms with Crippen LogP contribution in [0.1, 0.15) is 75.2 Å². The fraction of sp³-hybridized carbons (Fsp3) is 0.636. The molecule has 4 heteroatoms. The number of carbonyl (C=O) groups excluding carboxylic acids is 2. The first-order valence-corrected chi connectivity index (χ1v) is 10.3. The zero-order valence-corrected chi connectivity index (χ0v) is 16.8. The van der Waals surface area contributed by atoms with Gasteiger partial charge in [0.2, 0.25) is 5.91 Å². The van der Waals surface area contributed by atoms with Gasteiger partial charge in [-0.2, -0.15) is 0 Å². The predicted molar refractivity (Wildman–Crippen MR) is 106 cm³/mol. The molecule has 0 N–H and O–H groups in total. The Balaban J connectivity index is 2.10. The van der Waals surface area contributed by atoms with Gasteiger partial charge in [0.05, 0.1) is 19.6 Å². The van der Waals surface area contributed by atoms with E-state index in [9.17, 15) is 9.59 Å². The molecule has 2 rings (SSSR count). The molecule has 0 radical (unpaired) electrons. The summed E-state index contributed by atoms with van der Waals surface area (Å²) in [7, 11) is 0. The highest BCUT2D eigenvalue weighted by atomic mass is 16.2. The monoisotopic (exact) mass is 359 g/mol. The summed E-state index contributed by atoms with van der Waals surface area (Å²) in [4.78, 5) is 26.7. The van der Waals surface area contributed by atoms with E-state index in [1.54, 1.807) is 0 Å². The van der Waals surface area contributed by atoms with E-state index in [4.69, 9.17) is 0 Å². The molecule has 1 heterocycles. The first-order valence-electron chi connectivity index (χ1n) is 10.3.